The molecule has 0 bridgehead atoms. The molecule has 4 heteroatoms. The molecule has 128 valence electrons. The number of carbonyl (C=O) groups is 1. The Balaban J connectivity index is 1.49. The number of ether oxygens (including phenoxy) is 2. The van der Waals surface area contributed by atoms with Crippen molar-refractivity contribution in [1.82, 2.24) is 4.98 Å². The molecule has 0 aliphatic rings. The molecule has 1 heterocycles. The smallest absolute Gasteiger partial charge is 0.308 e. The van der Waals surface area contributed by atoms with Crippen LogP contribution in [0.3, 0.4) is 0 Å². The summed E-state index contributed by atoms with van der Waals surface area (Å²) in [6.07, 6.45) is 1.78. The molecule has 0 aliphatic heterocycles. The number of nitrogens with zero attached hydrogens (tertiary/aromatic N) is 1. The van der Waals surface area contributed by atoms with Crippen molar-refractivity contribution in [2.24, 2.45) is 0 Å². The van der Waals surface area contributed by atoms with Gasteiger partial charge in [-0.15, -0.1) is 0 Å². The molecule has 0 amide bonds. The summed E-state index contributed by atoms with van der Waals surface area (Å²) in [6, 6.07) is 19.6. The average Bonchev–Trinajstić information content (AvgIpc) is 2.65. The standard InChI is InChI=1S/C21H21NO3/c1-16(13-20(23)25-14-17-7-3-2-4-8-17)24-15-19-10-5-9-18-11-6-12-22-21(18)19/h2-12,16H,13-15H2,1H3/t16-/m0/s1. The summed E-state index contributed by atoms with van der Waals surface area (Å²) >= 11 is 0. The molecule has 4 nitrogen and oxygen atoms in total. The van der Waals surface area contributed by atoms with E-state index in [0.717, 1.165) is 22.0 Å². The van der Waals surface area contributed by atoms with E-state index in [-0.39, 0.29) is 18.5 Å². The van der Waals surface area contributed by atoms with Crippen LogP contribution in [0.5, 0.6) is 0 Å². The molecule has 0 unspecified atom stereocenters. The third kappa shape index (κ3) is 4.88. The lowest BCUT2D eigenvalue weighted by atomic mass is 10.1. The van der Waals surface area contributed by atoms with Crippen LogP contribution in [0.15, 0.2) is 66.9 Å². The van der Waals surface area contributed by atoms with Crippen molar-refractivity contribution in [3.8, 4) is 0 Å². The van der Waals surface area contributed by atoms with Gasteiger partial charge in [0.05, 0.1) is 24.6 Å². The van der Waals surface area contributed by atoms with Crippen molar-refractivity contribution in [3.63, 3.8) is 0 Å². The average molecular weight is 335 g/mol. The minimum Gasteiger partial charge on any atom is -0.461 e. The topological polar surface area (TPSA) is 48.4 Å². The van der Waals surface area contributed by atoms with E-state index in [2.05, 4.69) is 4.98 Å². The molecule has 0 radical (unpaired) electrons. The highest BCUT2D eigenvalue weighted by Gasteiger charge is 2.12. The summed E-state index contributed by atoms with van der Waals surface area (Å²) in [5.74, 6) is -0.257. The molecule has 25 heavy (non-hydrogen) atoms. The minimum absolute atomic E-state index is 0.220. The highest BCUT2D eigenvalue weighted by molar-refractivity contribution is 5.81. The van der Waals surface area contributed by atoms with Crippen LogP contribution < -0.4 is 0 Å². The second-order valence-electron chi connectivity index (χ2n) is 5.96. The Morgan fingerprint density at radius 2 is 1.80 bits per heavy atom. The second-order valence-corrected chi connectivity index (χ2v) is 5.96. The van der Waals surface area contributed by atoms with Gasteiger partial charge in [0.15, 0.2) is 0 Å². The molecule has 0 spiro atoms. The van der Waals surface area contributed by atoms with E-state index in [0.29, 0.717) is 13.2 Å². The first-order chi connectivity index (χ1) is 12.2. The number of esters is 1. The minimum atomic E-state index is -0.257. The van der Waals surface area contributed by atoms with Crippen molar-refractivity contribution in [3.05, 3.63) is 78.0 Å². The maximum Gasteiger partial charge on any atom is 0.308 e. The van der Waals surface area contributed by atoms with Crippen molar-refractivity contribution in [1.29, 1.82) is 0 Å². The number of rotatable bonds is 7. The van der Waals surface area contributed by atoms with Gasteiger partial charge in [-0.3, -0.25) is 9.78 Å². The van der Waals surface area contributed by atoms with Gasteiger partial charge < -0.3 is 9.47 Å². The zero-order valence-electron chi connectivity index (χ0n) is 14.2. The normalized spacial score (nSPS) is 12.0. The Hall–Kier alpha value is -2.72. The summed E-state index contributed by atoms with van der Waals surface area (Å²) < 4.78 is 11.1. The number of hydrogen-bond acceptors (Lipinski definition) is 4. The van der Waals surface area contributed by atoms with Gasteiger partial charge in [0, 0.05) is 17.1 Å². The van der Waals surface area contributed by atoms with Crippen LogP contribution in [0.25, 0.3) is 10.9 Å². The number of pyridine rings is 1. The monoisotopic (exact) mass is 335 g/mol. The molecule has 0 N–H and O–H groups in total. The summed E-state index contributed by atoms with van der Waals surface area (Å²) in [5.41, 5.74) is 2.93. The number of hydrogen-bond donors (Lipinski definition) is 0. The van der Waals surface area contributed by atoms with E-state index in [1.165, 1.54) is 0 Å². The number of carbonyl (C=O) groups excluding carboxylic acids is 1. The van der Waals surface area contributed by atoms with Crippen LogP contribution in [-0.2, 0) is 27.5 Å². The van der Waals surface area contributed by atoms with Crippen molar-refractivity contribution in [2.45, 2.75) is 32.7 Å². The SMILES string of the molecule is C[C@@H](CC(=O)OCc1ccccc1)OCc1cccc2cccnc12. The van der Waals surface area contributed by atoms with Crippen molar-refractivity contribution in [2.75, 3.05) is 0 Å². The van der Waals surface area contributed by atoms with Gasteiger partial charge in [-0.25, -0.2) is 0 Å². The predicted molar refractivity (Wildman–Crippen MR) is 96.8 cm³/mol. The van der Waals surface area contributed by atoms with E-state index >= 15 is 0 Å². The first kappa shape index (κ1) is 17.1. The fraction of sp³-hybridized carbons (Fsp3) is 0.238. The Morgan fingerprint density at radius 3 is 2.64 bits per heavy atom. The van der Waals surface area contributed by atoms with Crippen LogP contribution in [-0.4, -0.2) is 17.1 Å². The maximum absolute atomic E-state index is 11.9. The van der Waals surface area contributed by atoms with E-state index in [1.807, 2.05) is 67.6 Å². The zero-order chi connectivity index (χ0) is 17.5. The Labute approximate surface area is 147 Å². The highest BCUT2D eigenvalue weighted by atomic mass is 16.5. The maximum atomic E-state index is 11.9. The molecule has 2 aromatic carbocycles. The Bertz CT molecular complexity index is 827. The quantitative estimate of drug-likeness (QED) is 0.605. The number of para-hydroxylation sites is 1. The first-order valence-corrected chi connectivity index (χ1v) is 8.36. The fourth-order valence-electron chi connectivity index (χ4n) is 2.61. The molecule has 0 saturated heterocycles. The van der Waals surface area contributed by atoms with Crippen LogP contribution in [0.1, 0.15) is 24.5 Å². The third-order valence-electron chi connectivity index (χ3n) is 3.94. The lowest BCUT2D eigenvalue weighted by molar-refractivity contribution is -0.148. The van der Waals surface area contributed by atoms with Crippen LogP contribution in [0.2, 0.25) is 0 Å². The summed E-state index contributed by atoms with van der Waals surface area (Å²) in [5, 5.41) is 1.08. The Morgan fingerprint density at radius 1 is 1.00 bits per heavy atom. The summed E-state index contributed by atoms with van der Waals surface area (Å²) in [4.78, 5) is 16.3. The van der Waals surface area contributed by atoms with E-state index in [1.54, 1.807) is 6.20 Å². The van der Waals surface area contributed by atoms with Gasteiger partial charge in [-0.2, -0.15) is 0 Å². The lowest BCUT2D eigenvalue weighted by Crippen LogP contribution is -2.16. The third-order valence-corrected chi connectivity index (χ3v) is 3.94. The number of fused-ring (bicyclic) bond motifs is 1. The zero-order valence-corrected chi connectivity index (χ0v) is 14.2. The van der Waals surface area contributed by atoms with Gasteiger partial charge in [0.25, 0.3) is 0 Å². The fourth-order valence-corrected chi connectivity index (χ4v) is 2.61. The van der Waals surface area contributed by atoms with Gasteiger partial charge >= 0.3 is 5.97 Å². The molecule has 0 saturated carbocycles. The summed E-state index contributed by atoms with van der Waals surface area (Å²) in [6.45, 7) is 2.59. The molecule has 3 rings (SSSR count). The number of benzene rings is 2. The van der Waals surface area contributed by atoms with Crippen LogP contribution in [0.4, 0.5) is 0 Å². The van der Waals surface area contributed by atoms with E-state index in [4.69, 9.17) is 9.47 Å². The van der Waals surface area contributed by atoms with Gasteiger partial charge in [0.2, 0.25) is 0 Å². The van der Waals surface area contributed by atoms with Crippen molar-refractivity contribution >= 4 is 16.9 Å². The largest absolute Gasteiger partial charge is 0.461 e. The van der Waals surface area contributed by atoms with Gasteiger partial charge in [0.1, 0.15) is 6.61 Å². The van der Waals surface area contributed by atoms with Gasteiger partial charge in [-0.05, 0) is 18.6 Å². The second kappa shape index (κ2) is 8.40. The Kier molecular flexibility index (Phi) is 5.75. The number of aromatic nitrogens is 1. The molecule has 1 aromatic heterocycles. The first-order valence-electron chi connectivity index (χ1n) is 8.36. The highest BCUT2D eigenvalue weighted by Crippen LogP contribution is 2.17. The molecule has 1 atom stereocenters. The predicted octanol–water partition coefficient (Wildman–Crippen LogP) is 4.27. The molecular weight excluding hydrogens is 314 g/mol. The van der Waals surface area contributed by atoms with E-state index in [9.17, 15) is 4.79 Å². The van der Waals surface area contributed by atoms with E-state index < -0.39 is 0 Å². The molecular formula is C21H21NO3. The lowest BCUT2D eigenvalue weighted by Gasteiger charge is -2.13. The van der Waals surface area contributed by atoms with Gasteiger partial charge in [-0.1, -0.05) is 54.6 Å². The molecule has 0 aliphatic carbocycles. The molecule has 0 fully saturated rings. The van der Waals surface area contributed by atoms with Crippen LogP contribution in [0, 0.1) is 0 Å². The molecule has 3 aromatic rings. The van der Waals surface area contributed by atoms with Crippen molar-refractivity contribution < 1.29 is 14.3 Å². The van der Waals surface area contributed by atoms with Crippen LogP contribution >= 0.6 is 0 Å². The summed E-state index contributed by atoms with van der Waals surface area (Å²) in [7, 11) is 0.